The van der Waals surface area contributed by atoms with Crippen LogP contribution in [0.5, 0.6) is 0 Å². The number of para-hydroxylation sites is 1. The number of nitrogens with zero attached hydrogens (tertiary/aromatic N) is 2. The maximum atomic E-state index is 10.8. The highest BCUT2D eigenvalue weighted by Crippen LogP contribution is 2.39. The fourth-order valence-electron chi connectivity index (χ4n) is 1.83. The van der Waals surface area contributed by atoms with Gasteiger partial charge in [-0.3, -0.25) is 0 Å². The molecule has 1 atom stereocenters. The Morgan fingerprint density at radius 2 is 1.67 bits per heavy atom. The zero-order valence-electron chi connectivity index (χ0n) is 11.4. The molecule has 18 heavy (non-hydrogen) atoms. The van der Waals surface area contributed by atoms with Crippen LogP contribution in [0.15, 0.2) is 42.9 Å². The molecule has 2 aromatic rings. The molecule has 3 nitrogen and oxygen atoms in total. The van der Waals surface area contributed by atoms with E-state index >= 15 is 0 Å². The van der Waals surface area contributed by atoms with Gasteiger partial charge in [0.1, 0.15) is 5.60 Å². The van der Waals surface area contributed by atoms with Gasteiger partial charge in [0.15, 0.2) is 0 Å². The summed E-state index contributed by atoms with van der Waals surface area (Å²) in [6.45, 7) is 7.91. The van der Waals surface area contributed by atoms with E-state index in [0.717, 1.165) is 11.4 Å². The summed E-state index contributed by atoms with van der Waals surface area (Å²) in [6.07, 6.45) is 3.48. The number of imidazole rings is 1. The smallest absolute Gasteiger partial charge is 0.108 e. The molecule has 0 spiro atoms. The van der Waals surface area contributed by atoms with Crippen LogP contribution in [0.2, 0.25) is 0 Å². The van der Waals surface area contributed by atoms with Crippen molar-refractivity contribution in [2.24, 2.45) is 5.41 Å². The predicted molar refractivity (Wildman–Crippen MR) is 72.6 cm³/mol. The molecule has 0 fully saturated rings. The molecular formula is C15H20N2O. The number of benzene rings is 1. The number of hydrogen-bond acceptors (Lipinski definition) is 2. The maximum absolute atomic E-state index is 10.8. The number of hydrogen-bond donors (Lipinski definition) is 1. The van der Waals surface area contributed by atoms with E-state index in [2.05, 4.69) is 4.98 Å². The van der Waals surface area contributed by atoms with E-state index in [4.69, 9.17) is 0 Å². The van der Waals surface area contributed by atoms with Gasteiger partial charge in [0.2, 0.25) is 0 Å². The van der Waals surface area contributed by atoms with Crippen molar-refractivity contribution in [1.29, 1.82) is 0 Å². The SMILES string of the molecule is CC(C)(C)C(C)(O)c1cncn1-c1ccccc1. The third-order valence-corrected chi connectivity index (χ3v) is 3.63. The van der Waals surface area contributed by atoms with Crippen molar-refractivity contribution in [2.75, 3.05) is 0 Å². The monoisotopic (exact) mass is 244 g/mol. The van der Waals surface area contributed by atoms with E-state index in [0.29, 0.717) is 0 Å². The molecule has 1 aromatic carbocycles. The first kappa shape index (κ1) is 12.8. The first-order chi connectivity index (χ1) is 8.34. The van der Waals surface area contributed by atoms with Crippen LogP contribution in [-0.4, -0.2) is 14.7 Å². The molecule has 0 bridgehead atoms. The summed E-state index contributed by atoms with van der Waals surface area (Å²) in [5.74, 6) is 0. The third kappa shape index (κ3) is 2.06. The van der Waals surface area contributed by atoms with E-state index in [1.165, 1.54) is 0 Å². The Kier molecular flexibility index (Phi) is 3.03. The third-order valence-electron chi connectivity index (χ3n) is 3.63. The summed E-state index contributed by atoms with van der Waals surface area (Å²) in [7, 11) is 0. The quantitative estimate of drug-likeness (QED) is 0.881. The highest BCUT2D eigenvalue weighted by Gasteiger charge is 2.39. The fraction of sp³-hybridized carbons (Fsp3) is 0.400. The fourth-order valence-corrected chi connectivity index (χ4v) is 1.83. The minimum absolute atomic E-state index is 0.264. The van der Waals surface area contributed by atoms with Crippen molar-refractivity contribution < 1.29 is 5.11 Å². The summed E-state index contributed by atoms with van der Waals surface area (Å²) < 4.78 is 1.94. The molecule has 1 unspecified atom stereocenters. The van der Waals surface area contributed by atoms with Gasteiger partial charge < -0.3 is 9.67 Å². The Morgan fingerprint density at radius 1 is 1.06 bits per heavy atom. The van der Waals surface area contributed by atoms with E-state index in [1.54, 1.807) is 12.5 Å². The first-order valence-electron chi connectivity index (χ1n) is 6.14. The van der Waals surface area contributed by atoms with Gasteiger partial charge in [-0.1, -0.05) is 39.0 Å². The first-order valence-corrected chi connectivity index (χ1v) is 6.14. The van der Waals surface area contributed by atoms with Crippen LogP contribution in [0.4, 0.5) is 0 Å². The van der Waals surface area contributed by atoms with Gasteiger partial charge in [-0.2, -0.15) is 0 Å². The molecule has 3 heteroatoms. The average Bonchev–Trinajstić information content (AvgIpc) is 2.78. The van der Waals surface area contributed by atoms with Gasteiger partial charge in [-0.15, -0.1) is 0 Å². The Bertz CT molecular complexity index is 521. The molecule has 1 heterocycles. The summed E-state index contributed by atoms with van der Waals surface area (Å²) >= 11 is 0. The maximum Gasteiger partial charge on any atom is 0.108 e. The second-order valence-corrected chi connectivity index (χ2v) is 5.81. The van der Waals surface area contributed by atoms with Gasteiger partial charge in [0, 0.05) is 5.69 Å². The normalized spacial score (nSPS) is 15.4. The van der Waals surface area contributed by atoms with Crippen molar-refractivity contribution in [3.05, 3.63) is 48.5 Å². The lowest BCUT2D eigenvalue weighted by Gasteiger charge is -2.37. The van der Waals surface area contributed by atoms with Crippen molar-refractivity contribution in [1.82, 2.24) is 9.55 Å². The van der Waals surface area contributed by atoms with Gasteiger partial charge in [-0.25, -0.2) is 4.98 Å². The van der Waals surface area contributed by atoms with Crippen LogP contribution in [0.3, 0.4) is 0 Å². The minimum atomic E-state index is -0.945. The number of rotatable bonds is 2. The average molecular weight is 244 g/mol. The van der Waals surface area contributed by atoms with Gasteiger partial charge in [0.25, 0.3) is 0 Å². The molecule has 96 valence electrons. The van der Waals surface area contributed by atoms with Gasteiger partial charge in [-0.05, 0) is 24.5 Å². The van der Waals surface area contributed by atoms with Crippen LogP contribution >= 0.6 is 0 Å². The highest BCUT2D eigenvalue weighted by molar-refractivity contribution is 5.35. The van der Waals surface area contributed by atoms with E-state index < -0.39 is 5.60 Å². The molecular weight excluding hydrogens is 224 g/mol. The Labute approximate surface area is 108 Å². The van der Waals surface area contributed by atoms with Crippen LogP contribution < -0.4 is 0 Å². The molecule has 2 rings (SSSR count). The highest BCUT2D eigenvalue weighted by atomic mass is 16.3. The molecule has 0 aliphatic rings. The van der Waals surface area contributed by atoms with Crippen LogP contribution in [0.1, 0.15) is 33.4 Å². The van der Waals surface area contributed by atoms with E-state index in [1.807, 2.05) is 62.6 Å². The van der Waals surface area contributed by atoms with Crippen LogP contribution in [-0.2, 0) is 5.60 Å². The molecule has 0 saturated carbocycles. The van der Waals surface area contributed by atoms with E-state index in [-0.39, 0.29) is 5.41 Å². The van der Waals surface area contributed by atoms with Crippen molar-refractivity contribution >= 4 is 0 Å². The number of aliphatic hydroxyl groups is 1. The topological polar surface area (TPSA) is 38.1 Å². The van der Waals surface area contributed by atoms with Crippen molar-refractivity contribution in [3.8, 4) is 5.69 Å². The Hall–Kier alpha value is -1.61. The Morgan fingerprint density at radius 3 is 2.22 bits per heavy atom. The summed E-state index contributed by atoms with van der Waals surface area (Å²) in [4.78, 5) is 4.18. The standard InChI is InChI=1S/C15H20N2O/c1-14(2,3)15(4,18)13-10-16-11-17(13)12-8-6-5-7-9-12/h5-11,18H,1-4H3. The molecule has 1 N–H and O–H groups in total. The van der Waals surface area contributed by atoms with Crippen LogP contribution in [0.25, 0.3) is 5.69 Å². The molecule has 0 aliphatic heterocycles. The molecule has 1 aromatic heterocycles. The summed E-state index contributed by atoms with van der Waals surface area (Å²) in [5.41, 5.74) is 0.606. The van der Waals surface area contributed by atoms with Gasteiger partial charge >= 0.3 is 0 Å². The minimum Gasteiger partial charge on any atom is -0.383 e. The van der Waals surface area contributed by atoms with E-state index in [9.17, 15) is 5.11 Å². The molecule has 0 aliphatic carbocycles. The molecule has 0 amide bonds. The summed E-state index contributed by atoms with van der Waals surface area (Å²) in [5, 5.41) is 10.8. The summed E-state index contributed by atoms with van der Waals surface area (Å²) in [6, 6.07) is 9.94. The lowest BCUT2D eigenvalue weighted by molar-refractivity contribution is -0.0519. The van der Waals surface area contributed by atoms with Crippen LogP contribution in [0, 0.1) is 5.41 Å². The molecule has 0 radical (unpaired) electrons. The second kappa shape index (κ2) is 4.25. The zero-order chi connectivity index (χ0) is 13.4. The van der Waals surface area contributed by atoms with Gasteiger partial charge in [0.05, 0.1) is 18.2 Å². The Balaban J connectivity index is 2.53. The molecule has 0 saturated heterocycles. The lowest BCUT2D eigenvalue weighted by atomic mass is 9.76. The largest absolute Gasteiger partial charge is 0.383 e. The zero-order valence-corrected chi connectivity index (χ0v) is 11.4. The second-order valence-electron chi connectivity index (χ2n) is 5.81. The lowest BCUT2D eigenvalue weighted by Crippen LogP contribution is -2.38. The van der Waals surface area contributed by atoms with Crippen molar-refractivity contribution in [2.45, 2.75) is 33.3 Å². The number of aromatic nitrogens is 2. The van der Waals surface area contributed by atoms with Crippen molar-refractivity contribution in [3.63, 3.8) is 0 Å². The predicted octanol–water partition coefficient (Wildman–Crippen LogP) is 3.13.